The second kappa shape index (κ2) is 5.25. The number of nitrogens with zero attached hydrogens (tertiary/aromatic N) is 1. The summed E-state index contributed by atoms with van der Waals surface area (Å²) in [6, 6.07) is 16.2. The highest BCUT2D eigenvalue weighted by Crippen LogP contribution is 2.22. The maximum Gasteiger partial charge on any atom is 0.333 e. The largest absolute Gasteiger partial charge is 0.333 e. The molecule has 1 aliphatic rings. The van der Waals surface area contributed by atoms with Crippen LogP contribution in [0.15, 0.2) is 60.3 Å². The smallest absolute Gasteiger partial charge is 0.302 e. The molecule has 1 fully saturated rings. The van der Waals surface area contributed by atoms with E-state index in [2.05, 4.69) is 5.32 Å². The summed E-state index contributed by atoms with van der Waals surface area (Å²) in [4.78, 5) is 25.6. The fourth-order valence-electron chi connectivity index (χ4n) is 2.25. The van der Waals surface area contributed by atoms with E-state index < -0.39 is 6.03 Å². The highest BCUT2D eigenvalue weighted by atomic mass is 16.2. The minimum Gasteiger partial charge on any atom is -0.302 e. The van der Waals surface area contributed by atoms with Gasteiger partial charge in [-0.25, -0.2) is 9.69 Å². The molecule has 0 saturated carbocycles. The number of carbonyl (C=O) groups is 2. The van der Waals surface area contributed by atoms with Crippen molar-refractivity contribution in [3.8, 4) is 0 Å². The van der Waals surface area contributed by atoms with Crippen molar-refractivity contribution in [1.29, 1.82) is 0 Å². The number of anilines is 1. The number of aryl methyl sites for hydroxylation is 1. The number of rotatable bonds is 2. The maximum absolute atomic E-state index is 12.4. The lowest BCUT2D eigenvalue weighted by Gasteiger charge is -2.10. The maximum atomic E-state index is 12.4. The van der Waals surface area contributed by atoms with Crippen molar-refractivity contribution in [2.24, 2.45) is 0 Å². The van der Waals surface area contributed by atoms with Gasteiger partial charge in [-0.1, -0.05) is 42.5 Å². The number of para-hydroxylation sites is 1. The van der Waals surface area contributed by atoms with E-state index in [-0.39, 0.29) is 11.6 Å². The Morgan fingerprint density at radius 1 is 0.952 bits per heavy atom. The molecule has 0 radical (unpaired) electrons. The average Bonchev–Trinajstić information content (AvgIpc) is 2.77. The van der Waals surface area contributed by atoms with E-state index in [0.29, 0.717) is 5.69 Å². The van der Waals surface area contributed by atoms with Crippen LogP contribution >= 0.6 is 0 Å². The first kappa shape index (κ1) is 13.1. The molecule has 2 aromatic rings. The second-order valence-corrected chi connectivity index (χ2v) is 4.82. The van der Waals surface area contributed by atoms with Gasteiger partial charge in [-0.05, 0) is 36.3 Å². The molecule has 1 N–H and O–H groups in total. The van der Waals surface area contributed by atoms with Gasteiger partial charge in [0.25, 0.3) is 5.91 Å². The number of nitrogens with one attached hydrogen (secondary N) is 1. The fourth-order valence-corrected chi connectivity index (χ4v) is 2.25. The standard InChI is InChI=1S/C17H14N2O2/c1-12-7-5-6-8-13(12)11-15-16(20)19(17(21)18-15)14-9-3-2-4-10-14/h2-11H,1H3,(H,18,21). The Kier molecular flexibility index (Phi) is 3.28. The van der Waals surface area contributed by atoms with E-state index in [1.165, 1.54) is 0 Å². The minimum absolute atomic E-state index is 0.290. The number of benzene rings is 2. The second-order valence-electron chi connectivity index (χ2n) is 4.82. The van der Waals surface area contributed by atoms with E-state index in [0.717, 1.165) is 16.0 Å². The predicted octanol–water partition coefficient (Wildman–Crippen LogP) is 3.09. The summed E-state index contributed by atoms with van der Waals surface area (Å²) in [5.41, 5.74) is 2.81. The summed E-state index contributed by atoms with van der Waals surface area (Å²) in [5.74, 6) is -0.338. The Morgan fingerprint density at radius 3 is 2.33 bits per heavy atom. The molecule has 0 bridgehead atoms. The molecule has 104 valence electrons. The molecule has 0 spiro atoms. The van der Waals surface area contributed by atoms with Crippen LogP contribution in [0, 0.1) is 6.92 Å². The lowest BCUT2D eigenvalue weighted by molar-refractivity contribution is -0.113. The highest BCUT2D eigenvalue weighted by molar-refractivity contribution is 6.28. The zero-order chi connectivity index (χ0) is 14.8. The van der Waals surface area contributed by atoms with Crippen LogP contribution in [-0.4, -0.2) is 11.9 Å². The summed E-state index contributed by atoms with van der Waals surface area (Å²) in [7, 11) is 0. The SMILES string of the molecule is Cc1ccccc1C=C1NC(=O)N(c2ccccc2)C1=O. The number of hydrogen-bond acceptors (Lipinski definition) is 2. The number of urea groups is 1. The van der Waals surface area contributed by atoms with Gasteiger partial charge < -0.3 is 5.32 Å². The lowest BCUT2D eigenvalue weighted by atomic mass is 10.1. The Hall–Kier alpha value is -2.88. The fraction of sp³-hybridized carbons (Fsp3) is 0.0588. The number of imide groups is 1. The third-order valence-corrected chi connectivity index (χ3v) is 3.38. The first-order valence-corrected chi connectivity index (χ1v) is 6.64. The van der Waals surface area contributed by atoms with Crippen LogP contribution in [0.4, 0.5) is 10.5 Å². The van der Waals surface area contributed by atoms with Crippen molar-refractivity contribution in [3.63, 3.8) is 0 Å². The molecule has 3 rings (SSSR count). The third-order valence-electron chi connectivity index (χ3n) is 3.38. The molecular formula is C17H14N2O2. The Balaban J connectivity index is 1.96. The molecule has 1 aliphatic heterocycles. The third kappa shape index (κ3) is 2.43. The molecule has 1 saturated heterocycles. The molecule has 4 heteroatoms. The van der Waals surface area contributed by atoms with Gasteiger partial charge in [0.1, 0.15) is 5.70 Å². The van der Waals surface area contributed by atoms with Gasteiger partial charge in [0, 0.05) is 0 Å². The zero-order valence-electron chi connectivity index (χ0n) is 11.5. The van der Waals surface area contributed by atoms with Crippen molar-refractivity contribution in [1.82, 2.24) is 5.32 Å². The summed E-state index contributed by atoms with van der Waals surface area (Å²) >= 11 is 0. The van der Waals surface area contributed by atoms with Crippen molar-refractivity contribution in [2.45, 2.75) is 6.92 Å². The molecule has 0 aliphatic carbocycles. The van der Waals surface area contributed by atoms with Crippen LogP contribution in [0.2, 0.25) is 0 Å². The molecular weight excluding hydrogens is 264 g/mol. The molecule has 4 nitrogen and oxygen atoms in total. The topological polar surface area (TPSA) is 49.4 Å². The summed E-state index contributed by atoms with van der Waals surface area (Å²) in [6.45, 7) is 1.96. The lowest BCUT2D eigenvalue weighted by Crippen LogP contribution is -2.30. The predicted molar refractivity (Wildman–Crippen MR) is 81.6 cm³/mol. The van der Waals surface area contributed by atoms with Crippen LogP contribution in [-0.2, 0) is 4.79 Å². The van der Waals surface area contributed by atoms with E-state index >= 15 is 0 Å². The molecule has 2 aromatic carbocycles. The van der Waals surface area contributed by atoms with Gasteiger partial charge >= 0.3 is 6.03 Å². The number of carbonyl (C=O) groups excluding carboxylic acids is 2. The van der Waals surface area contributed by atoms with Crippen LogP contribution in [0.25, 0.3) is 6.08 Å². The van der Waals surface area contributed by atoms with Gasteiger partial charge in [0.15, 0.2) is 0 Å². The molecule has 21 heavy (non-hydrogen) atoms. The van der Waals surface area contributed by atoms with Gasteiger partial charge in [0.2, 0.25) is 0 Å². The molecule has 0 atom stereocenters. The van der Waals surface area contributed by atoms with E-state index in [9.17, 15) is 9.59 Å². The van der Waals surface area contributed by atoms with Crippen molar-refractivity contribution in [2.75, 3.05) is 4.90 Å². The quantitative estimate of drug-likeness (QED) is 0.678. The molecule has 3 amide bonds. The summed E-state index contributed by atoms with van der Waals surface area (Å²) in [5, 5.41) is 2.63. The minimum atomic E-state index is -0.425. The summed E-state index contributed by atoms with van der Waals surface area (Å²) in [6.07, 6.45) is 1.71. The van der Waals surface area contributed by atoms with Crippen LogP contribution in [0.1, 0.15) is 11.1 Å². The molecule has 0 aromatic heterocycles. The van der Waals surface area contributed by atoms with Crippen molar-refractivity contribution < 1.29 is 9.59 Å². The highest BCUT2D eigenvalue weighted by Gasteiger charge is 2.34. The van der Waals surface area contributed by atoms with Crippen molar-refractivity contribution >= 4 is 23.7 Å². The molecule has 0 unspecified atom stereocenters. The van der Waals surface area contributed by atoms with E-state index in [1.807, 2.05) is 37.3 Å². The van der Waals surface area contributed by atoms with Gasteiger partial charge in [-0.15, -0.1) is 0 Å². The zero-order valence-corrected chi connectivity index (χ0v) is 11.5. The van der Waals surface area contributed by atoms with Gasteiger partial charge in [0.05, 0.1) is 5.69 Å². The first-order chi connectivity index (χ1) is 10.2. The van der Waals surface area contributed by atoms with E-state index in [4.69, 9.17) is 0 Å². The van der Waals surface area contributed by atoms with Crippen molar-refractivity contribution in [3.05, 3.63) is 71.4 Å². The normalized spacial score (nSPS) is 16.4. The number of amides is 3. The molecule has 1 heterocycles. The van der Waals surface area contributed by atoms with Crippen LogP contribution in [0.5, 0.6) is 0 Å². The van der Waals surface area contributed by atoms with E-state index in [1.54, 1.807) is 30.3 Å². The monoisotopic (exact) mass is 278 g/mol. The average molecular weight is 278 g/mol. The summed E-state index contributed by atoms with van der Waals surface area (Å²) < 4.78 is 0. The Bertz CT molecular complexity index is 735. The van der Waals surface area contributed by atoms with Gasteiger partial charge in [-0.2, -0.15) is 0 Å². The Morgan fingerprint density at radius 2 is 1.62 bits per heavy atom. The first-order valence-electron chi connectivity index (χ1n) is 6.64. The number of hydrogen-bond donors (Lipinski definition) is 1. The van der Waals surface area contributed by atoms with Crippen LogP contribution in [0.3, 0.4) is 0 Å². The Labute approximate surface area is 122 Å². The van der Waals surface area contributed by atoms with Gasteiger partial charge in [-0.3, -0.25) is 4.79 Å². The van der Waals surface area contributed by atoms with Crippen LogP contribution < -0.4 is 10.2 Å².